The van der Waals surface area contributed by atoms with E-state index in [4.69, 9.17) is 4.74 Å². The van der Waals surface area contributed by atoms with Crippen LogP contribution < -0.4 is 4.74 Å². The van der Waals surface area contributed by atoms with Gasteiger partial charge in [-0.2, -0.15) is 0 Å². The molecule has 0 saturated carbocycles. The van der Waals surface area contributed by atoms with Gasteiger partial charge in [0.25, 0.3) is 0 Å². The Hall–Kier alpha value is -2.35. The lowest BCUT2D eigenvalue weighted by molar-refractivity contribution is 0.115. The summed E-state index contributed by atoms with van der Waals surface area (Å²) in [5.74, 6) is 1.23. The van der Waals surface area contributed by atoms with Crippen LogP contribution in [0.5, 0.6) is 5.75 Å². The van der Waals surface area contributed by atoms with Crippen molar-refractivity contribution in [3.63, 3.8) is 0 Å². The number of aliphatic hydroxyl groups is 1. The van der Waals surface area contributed by atoms with Gasteiger partial charge < -0.3 is 9.84 Å². The normalized spacial score (nSPS) is 17.5. The molecule has 0 amide bonds. The van der Waals surface area contributed by atoms with Gasteiger partial charge in [-0.1, -0.05) is 6.07 Å². The Morgan fingerprint density at radius 1 is 1.21 bits per heavy atom. The quantitative estimate of drug-likeness (QED) is 0.660. The summed E-state index contributed by atoms with van der Waals surface area (Å²) in [4.78, 5) is 15.0. The molecular formula is C21H24N4O2S. The summed E-state index contributed by atoms with van der Waals surface area (Å²) in [5.41, 5.74) is 5.96. The lowest BCUT2D eigenvalue weighted by Gasteiger charge is -2.32. The van der Waals surface area contributed by atoms with Gasteiger partial charge in [-0.3, -0.25) is 4.90 Å². The summed E-state index contributed by atoms with van der Waals surface area (Å²) in [6, 6.07) is 6.24. The predicted molar refractivity (Wildman–Crippen MR) is 109 cm³/mol. The number of benzene rings is 1. The highest BCUT2D eigenvalue weighted by Crippen LogP contribution is 2.29. The van der Waals surface area contributed by atoms with Crippen LogP contribution in [0.15, 0.2) is 47.8 Å². The molecule has 1 aliphatic rings. The van der Waals surface area contributed by atoms with Crippen molar-refractivity contribution in [2.45, 2.75) is 26.0 Å². The van der Waals surface area contributed by atoms with Crippen LogP contribution in [0.4, 0.5) is 0 Å². The standard InChI is InChI=1S/C21H24N4O2S/c26-11-16-2-1-5-25(9-16)10-18-6-17(19-7-22-14-23-8-19)3-4-21(18)27-12-20-13-28-15-24-20/h3-4,6-8,13-16,26H,1-2,5,9-12H2. The molecular weight excluding hydrogens is 372 g/mol. The smallest absolute Gasteiger partial charge is 0.131 e. The second-order valence-electron chi connectivity index (χ2n) is 7.14. The summed E-state index contributed by atoms with van der Waals surface area (Å²) >= 11 is 1.57. The first-order valence-electron chi connectivity index (χ1n) is 9.53. The molecule has 28 heavy (non-hydrogen) atoms. The first-order valence-corrected chi connectivity index (χ1v) is 10.5. The number of rotatable bonds is 7. The highest BCUT2D eigenvalue weighted by atomic mass is 32.1. The van der Waals surface area contributed by atoms with E-state index in [-0.39, 0.29) is 6.61 Å². The molecule has 1 saturated heterocycles. The number of thiazole rings is 1. The Labute approximate surface area is 168 Å². The largest absolute Gasteiger partial charge is 0.487 e. The predicted octanol–water partition coefficient (Wildman–Crippen LogP) is 3.38. The van der Waals surface area contributed by atoms with E-state index in [9.17, 15) is 5.11 Å². The molecule has 0 radical (unpaired) electrons. The fraction of sp³-hybridized carbons (Fsp3) is 0.381. The maximum absolute atomic E-state index is 9.54. The molecule has 1 fully saturated rings. The third kappa shape index (κ3) is 4.73. The van der Waals surface area contributed by atoms with Crippen LogP contribution >= 0.6 is 11.3 Å². The highest BCUT2D eigenvalue weighted by Gasteiger charge is 2.20. The lowest BCUT2D eigenvalue weighted by atomic mass is 9.98. The minimum absolute atomic E-state index is 0.255. The van der Waals surface area contributed by atoms with E-state index >= 15 is 0 Å². The number of nitrogens with zero attached hydrogens (tertiary/aromatic N) is 4. The maximum atomic E-state index is 9.54. The molecule has 6 nitrogen and oxygen atoms in total. The molecule has 1 atom stereocenters. The van der Waals surface area contributed by atoms with Gasteiger partial charge in [-0.25, -0.2) is 15.0 Å². The number of piperidine rings is 1. The van der Waals surface area contributed by atoms with Crippen molar-refractivity contribution >= 4 is 11.3 Å². The number of hydrogen-bond donors (Lipinski definition) is 1. The van der Waals surface area contributed by atoms with Crippen molar-refractivity contribution in [1.29, 1.82) is 0 Å². The zero-order valence-electron chi connectivity index (χ0n) is 15.7. The lowest BCUT2D eigenvalue weighted by Crippen LogP contribution is -2.36. The SMILES string of the molecule is OCC1CCCN(Cc2cc(-c3cncnc3)ccc2OCc2cscn2)C1. The molecule has 7 heteroatoms. The van der Waals surface area contributed by atoms with Gasteiger partial charge in [-0.15, -0.1) is 11.3 Å². The molecule has 146 valence electrons. The summed E-state index contributed by atoms with van der Waals surface area (Å²) in [5, 5.41) is 11.5. The summed E-state index contributed by atoms with van der Waals surface area (Å²) < 4.78 is 6.10. The highest BCUT2D eigenvalue weighted by molar-refractivity contribution is 7.07. The first-order chi connectivity index (χ1) is 13.8. The van der Waals surface area contributed by atoms with E-state index < -0.39 is 0 Å². The minimum Gasteiger partial charge on any atom is -0.487 e. The van der Waals surface area contributed by atoms with E-state index in [0.717, 1.165) is 60.6 Å². The average molecular weight is 397 g/mol. The molecule has 4 rings (SSSR count). The number of ether oxygens (including phenoxy) is 1. The summed E-state index contributed by atoms with van der Waals surface area (Å²) in [6.07, 6.45) is 7.40. The molecule has 1 unspecified atom stereocenters. The molecule has 0 spiro atoms. The molecule has 1 aromatic carbocycles. The van der Waals surface area contributed by atoms with Gasteiger partial charge in [0.15, 0.2) is 0 Å². The van der Waals surface area contributed by atoms with E-state index in [0.29, 0.717) is 12.5 Å². The fourth-order valence-corrected chi connectivity index (χ4v) is 4.16. The van der Waals surface area contributed by atoms with Gasteiger partial charge >= 0.3 is 0 Å². The number of aliphatic hydroxyl groups excluding tert-OH is 1. The Balaban J connectivity index is 1.57. The molecule has 3 heterocycles. The second kappa shape index (κ2) is 9.23. The van der Waals surface area contributed by atoms with Gasteiger partial charge in [-0.05, 0) is 43.0 Å². The summed E-state index contributed by atoms with van der Waals surface area (Å²) in [7, 11) is 0. The Kier molecular flexibility index (Phi) is 6.26. The van der Waals surface area contributed by atoms with Crippen molar-refractivity contribution in [3.05, 3.63) is 59.1 Å². The molecule has 3 aromatic rings. The van der Waals surface area contributed by atoms with Crippen LogP contribution in [-0.2, 0) is 13.2 Å². The average Bonchev–Trinajstić information content (AvgIpc) is 3.27. The molecule has 2 aromatic heterocycles. The van der Waals surface area contributed by atoms with Crippen LogP contribution in [-0.4, -0.2) is 44.7 Å². The van der Waals surface area contributed by atoms with E-state index in [2.05, 4.69) is 25.9 Å². The van der Waals surface area contributed by atoms with Crippen molar-refractivity contribution in [2.24, 2.45) is 5.92 Å². The second-order valence-corrected chi connectivity index (χ2v) is 7.86. The third-order valence-corrected chi connectivity index (χ3v) is 5.70. The molecule has 0 bridgehead atoms. The van der Waals surface area contributed by atoms with Crippen LogP contribution in [0.2, 0.25) is 0 Å². The van der Waals surface area contributed by atoms with Crippen LogP contribution in [0.1, 0.15) is 24.1 Å². The molecule has 1 N–H and O–H groups in total. The first kappa shape index (κ1) is 19.0. The number of hydrogen-bond acceptors (Lipinski definition) is 7. The third-order valence-electron chi connectivity index (χ3n) is 5.07. The Bertz CT molecular complexity index is 873. The van der Waals surface area contributed by atoms with E-state index in [1.54, 1.807) is 17.7 Å². The van der Waals surface area contributed by atoms with E-state index in [1.165, 1.54) is 0 Å². The van der Waals surface area contributed by atoms with Gasteiger partial charge in [0.1, 0.15) is 18.7 Å². The Morgan fingerprint density at radius 3 is 2.89 bits per heavy atom. The van der Waals surface area contributed by atoms with E-state index in [1.807, 2.05) is 35.4 Å². The van der Waals surface area contributed by atoms with Gasteiger partial charge in [0.05, 0.1) is 11.2 Å². The van der Waals surface area contributed by atoms with Crippen LogP contribution in [0.3, 0.4) is 0 Å². The monoisotopic (exact) mass is 396 g/mol. The van der Waals surface area contributed by atoms with Gasteiger partial charge in [0, 0.05) is 48.6 Å². The van der Waals surface area contributed by atoms with Crippen LogP contribution in [0.25, 0.3) is 11.1 Å². The number of aromatic nitrogens is 3. The zero-order chi connectivity index (χ0) is 19.2. The number of likely N-dealkylation sites (tertiary alicyclic amines) is 1. The maximum Gasteiger partial charge on any atom is 0.131 e. The zero-order valence-corrected chi connectivity index (χ0v) is 16.5. The van der Waals surface area contributed by atoms with Crippen molar-refractivity contribution in [1.82, 2.24) is 19.9 Å². The summed E-state index contributed by atoms with van der Waals surface area (Å²) in [6.45, 7) is 3.47. The molecule has 0 aliphatic carbocycles. The van der Waals surface area contributed by atoms with Gasteiger partial charge in [0.2, 0.25) is 0 Å². The Morgan fingerprint density at radius 2 is 2.11 bits per heavy atom. The topological polar surface area (TPSA) is 71.4 Å². The van der Waals surface area contributed by atoms with Crippen LogP contribution in [0, 0.1) is 5.92 Å². The van der Waals surface area contributed by atoms with Crippen molar-refractivity contribution < 1.29 is 9.84 Å². The molecule has 1 aliphatic heterocycles. The van der Waals surface area contributed by atoms with Crippen molar-refractivity contribution in [3.8, 4) is 16.9 Å². The minimum atomic E-state index is 0.255. The van der Waals surface area contributed by atoms with Crippen molar-refractivity contribution in [2.75, 3.05) is 19.7 Å². The fourth-order valence-electron chi connectivity index (χ4n) is 3.62.